The zero-order valence-corrected chi connectivity index (χ0v) is 16.0. The number of carbonyl (C=O) groups is 1. The van der Waals surface area contributed by atoms with Gasteiger partial charge in [0.1, 0.15) is 5.69 Å². The van der Waals surface area contributed by atoms with E-state index in [1.807, 2.05) is 13.8 Å². The van der Waals surface area contributed by atoms with Crippen LogP contribution in [0.1, 0.15) is 39.5 Å². The fourth-order valence-electron chi connectivity index (χ4n) is 3.14. The van der Waals surface area contributed by atoms with Crippen LogP contribution >= 0.6 is 0 Å². The predicted octanol–water partition coefficient (Wildman–Crippen LogP) is 2.49. The first-order valence-electron chi connectivity index (χ1n) is 8.63. The van der Waals surface area contributed by atoms with Gasteiger partial charge in [-0.1, -0.05) is 0 Å². The van der Waals surface area contributed by atoms with Crippen molar-refractivity contribution in [2.75, 3.05) is 11.6 Å². The Labute approximate surface area is 153 Å². The summed E-state index contributed by atoms with van der Waals surface area (Å²) in [4.78, 5) is 22.8. The number of nitro groups is 1. The largest absolute Gasteiger partial charge is 0.377 e. The zero-order valence-electron chi connectivity index (χ0n) is 15.2. The van der Waals surface area contributed by atoms with Gasteiger partial charge < -0.3 is 10.6 Å². The van der Waals surface area contributed by atoms with Crippen LogP contribution in [0.25, 0.3) is 0 Å². The van der Waals surface area contributed by atoms with E-state index in [0.29, 0.717) is 25.7 Å². The summed E-state index contributed by atoms with van der Waals surface area (Å²) in [6, 6.07) is 3.82. The molecule has 0 atom stereocenters. The molecule has 1 saturated carbocycles. The quantitative estimate of drug-likeness (QED) is 0.575. The van der Waals surface area contributed by atoms with Crippen molar-refractivity contribution in [3.05, 3.63) is 28.3 Å². The Morgan fingerprint density at radius 2 is 1.85 bits per heavy atom. The van der Waals surface area contributed by atoms with Gasteiger partial charge in [0.2, 0.25) is 5.91 Å². The SMILES string of the molecule is CC(C)NC(=O)[C@H]1CC[C@@H](Nc2cc(S(C)(=O)=O)ccc2[N+](=O)[O-])CC1. The summed E-state index contributed by atoms with van der Waals surface area (Å²) in [7, 11) is -3.46. The number of benzene rings is 1. The van der Waals surface area contributed by atoms with Gasteiger partial charge in [-0.3, -0.25) is 14.9 Å². The third-order valence-electron chi connectivity index (χ3n) is 4.48. The summed E-state index contributed by atoms with van der Waals surface area (Å²) in [6.07, 6.45) is 3.83. The fraction of sp³-hybridized carbons (Fsp3) is 0.588. The summed E-state index contributed by atoms with van der Waals surface area (Å²) in [5, 5.41) is 17.2. The van der Waals surface area contributed by atoms with E-state index in [-0.39, 0.29) is 40.2 Å². The number of nitrogens with zero attached hydrogens (tertiary/aromatic N) is 1. The molecule has 0 heterocycles. The Hall–Kier alpha value is -2.16. The van der Waals surface area contributed by atoms with Gasteiger partial charge in [-0.25, -0.2) is 8.42 Å². The number of carbonyl (C=O) groups excluding carboxylic acids is 1. The molecular formula is C17H25N3O5S. The Balaban J connectivity index is 2.09. The van der Waals surface area contributed by atoms with Crippen molar-refractivity contribution in [1.82, 2.24) is 5.32 Å². The van der Waals surface area contributed by atoms with E-state index in [1.165, 1.54) is 18.2 Å². The summed E-state index contributed by atoms with van der Waals surface area (Å²) in [5.41, 5.74) is 0.0464. The number of hydrogen-bond acceptors (Lipinski definition) is 6. The molecule has 0 aromatic heterocycles. The van der Waals surface area contributed by atoms with E-state index >= 15 is 0 Å². The van der Waals surface area contributed by atoms with Gasteiger partial charge in [-0.05, 0) is 51.7 Å². The summed E-state index contributed by atoms with van der Waals surface area (Å²) >= 11 is 0. The van der Waals surface area contributed by atoms with Crippen LogP contribution in [0.4, 0.5) is 11.4 Å². The first-order chi connectivity index (χ1) is 12.1. The molecular weight excluding hydrogens is 358 g/mol. The van der Waals surface area contributed by atoms with Crippen LogP contribution in [0.15, 0.2) is 23.1 Å². The number of nitrogens with one attached hydrogen (secondary N) is 2. The van der Waals surface area contributed by atoms with Gasteiger partial charge in [0.25, 0.3) is 5.69 Å². The van der Waals surface area contributed by atoms with E-state index < -0.39 is 14.8 Å². The highest BCUT2D eigenvalue weighted by molar-refractivity contribution is 7.90. The zero-order chi connectivity index (χ0) is 19.5. The van der Waals surface area contributed by atoms with Crippen LogP contribution in [-0.2, 0) is 14.6 Å². The molecule has 0 bridgehead atoms. The minimum absolute atomic E-state index is 0.0355. The Morgan fingerprint density at radius 3 is 2.35 bits per heavy atom. The van der Waals surface area contributed by atoms with Gasteiger partial charge in [0, 0.05) is 30.3 Å². The molecule has 0 radical (unpaired) electrons. The number of hydrogen-bond donors (Lipinski definition) is 2. The Kier molecular flexibility index (Phi) is 6.22. The molecule has 1 amide bonds. The molecule has 0 aliphatic heterocycles. The molecule has 0 spiro atoms. The highest BCUT2D eigenvalue weighted by atomic mass is 32.2. The second kappa shape index (κ2) is 8.03. The maximum absolute atomic E-state index is 12.1. The van der Waals surface area contributed by atoms with Crippen molar-refractivity contribution in [3.8, 4) is 0 Å². The fourth-order valence-corrected chi connectivity index (χ4v) is 3.79. The molecule has 144 valence electrons. The third-order valence-corrected chi connectivity index (χ3v) is 5.59. The number of amides is 1. The van der Waals surface area contributed by atoms with Gasteiger partial charge >= 0.3 is 0 Å². The summed E-state index contributed by atoms with van der Waals surface area (Å²) in [5.74, 6) is -0.00343. The molecule has 0 unspecified atom stereocenters. The van der Waals surface area contributed by atoms with Crippen molar-refractivity contribution < 1.29 is 18.1 Å². The van der Waals surface area contributed by atoms with Crippen LogP contribution in [0.2, 0.25) is 0 Å². The topological polar surface area (TPSA) is 118 Å². The smallest absolute Gasteiger partial charge is 0.292 e. The third kappa shape index (κ3) is 5.17. The minimum Gasteiger partial charge on any atom is -0.377 e. The van der Waals surface area contributed by atoms with E-state index in [1.54, 1.807) is 0 Å². The molecule has 1 fully saturated rings. The summed E-state index contributed by atoms with van der Waals surface area (Å²) < 4.78 is 23.4. The van der Waals surface area contributed by atoms with Crippen molar-refractivity contribution in [2.24, 2.45) is 5.92 Å². The average Bonchev–Trinajstić information content (AvgIpc) is 2.53. The molecule has 9 heteroatoms. The first-order valence-corrected chi connectivity index (χ1v) is 10.5. The second-order valence-corrected chi connectivity index (χ2v) is 9.08. The molecule has 1 aromatic rings. The first kappa shape index (κ1) is 20.2. The number of rotatable bonds is 6. The van der Waals surface area contributed by atoms with Crippen LogP contribution < -0.4 is 10.6 Å². The minimum atomic E-state index is -3.46. The van der Waals surface area contributed by atoms with Gasteiger partial charge in [-0.2, -0.15) is 0 Å². The molecule has 0 saturated heterocycles. The van der Waals surface area contributed by atoms with Crippen LogP contribution in [0.3, 0.4) is 0 Å². The van der Waals surface area contributed by atoms with Gasteiger partial charge in [-0.15, -0.1) is 0 Å². The van der Waals surface area contributed by atoms with Crippen LogP contribution in [0, 0.1) is 16.0 Å². The lowest BCUT2D eigenvalue weighted by molar-refractivity contribution is -0.384. The molecule has 8 nitrogen and oxygen atoms in total. The van der Waals surface area contributed by atoms with Gasteiger partial charge in [0.05, 0.1) is 9.82 Å². The van der Waals surface area contributed by atoms with Crippen molar-refractivity contribution in [2.45, 2.75) is 56.5 Å². The van der Waals surface area contributed by atoms with Crippen LogP contribution in [-0.4, -0.2) is 37.6 Å². The molecule has 1 aliphatic rings. The van der Waals surface area contributed by atoms with Gasteiger partial charge in [0.15, 0.2) is 9.84 Å². The molecule has 2 N–H and O–H groups in total. The van der Waals surface area contributed by atoms with Crippen molar-refractivity contribution in [1.29, 1.82) is 0 Å². The average molecular weight is 383 g/mol. The second-order valence-electron chi connectivity index (χ2n) is 7.06. The highest BCUT2D eigenvalue weighted by Gasteiger charge is 2.28. The van der Waals surface area contributed by atoms with Crippen molar-refractivity contribution >= 4 is 27.1 Å². The lowest BCUT2D eigenvalue weighted by Gasteiger charge is -2.29. The lowest BCUT2D eigenvalue weighted by Crippen LogP contribution is -2.38. The highest BCUT2D eigenvalue weighted by Crippen LogP contribution is 2.32. The maximum atomic E-state index is 12.1. The maximum Gasteiger partial charge on any atom is 0.292 e. The van der Waals surface area contributed by atoms with E-state index in [4.69, 9.17) is 0 Å². The Morgan fingerprint density at radius 1 is 1.23 bits per heavy atom. The normalized spacial score (nSPS) is 20.6. The molecule has 2 rings (SSSR count). The number of sulfone groups is 1. The number of anilines is 1. The molecule has 1 aromatic carbocycles. The van der Waals surface area contributed by atoms with E-state index in [0.717, 1.165) is 6.26 Å². The van der Waals surface area contributed by atoms with Crippen molar-refractivity contribution in [3.63, 3.8) is 0 Å². The molecule has 1 aliphatic carbocycles. The summed E-state index contributed by atoms with van der Waals surface area (Å²) in [6.45, 7) is 3.83. The van der Waals surface area contributed by atoms with E-state index in [2.05, 4.69) is 10.6 Å². The van der Waals surface area contributed by atoms with E-state index in [9.17, 15) is 23.3 Å². The Bertz CT molecular complexity index is 784. The number of nitro benzene ring substituents is 1. The monoisotopic (exact) mass is 383 g/mol. The lowest BCUT2D eigenvalue weighted by atomic mass is 9.85. The molecule has 26 heavy (non-hydrogen) atoms. The standard InChI is InChI=1S/C17H25N3O5S/c1-11(2)18-17(21)12-4-6-13(7-5-12)19-15-10-14(26(3,24)25)8-9-16(15)20(22)23/h8-13,19H,4-7H2,1-3H3,(H,18,21)/t12-,13+. The van der Waals surface area contributed by atoms with Crippen LogP contribution in [0.5, 0.6) is 0 Å². The predicted molar refractivity (Wildman–Crippen MR) is 98.9 cm³/mol.